The van der Waals surface area contributed by atoms with Crippen molar-refractivity contribution < 1.29 is 0 Å². The first kappa shape index (κ1) is 12.7. The van der Waals surface area contributed by atoms with E-state index in [1.54, 1.807) is 0 Å². The van der Waals surface area contributed by atoms with Gasteiger partial charge >= 0.3 is 0 Å². The Balaban J connectivity index is 2.57. The minimum Gasteiger partial charge on any atom is -0.302 e. The molecule has 1 aromatic rings. The molecule has 0 saturated carbocycles. The molecule has 0 saturated heterocycles. The normalized spacial score (nSPS) is 11.5. The van der Waals surface area contributed by atoms with E-state index in [1.165, 1.54) is 5.56 Å². The van der Waals surface area contributed by atoms with Crippen molar-refractivity contribution in [3.63, 3.8) is 0 Å². The molecule has 1 aromatic carbocycles. The van der Waals surface area contributed by atoms with Gasteiger partial charge in [0.15, 0.2) is 0 Å². The molecule has 0 aliphatic heterocycles. The summed E-state index contributed by atoms with van der Waals surface area (Å²) in [7, 11) is 2.13. The summed E-state index contributed by atoms with van der Waals surface area (Å²) < 4.78 is 0. The van der Waals surface area contributed by atoms with Gasteiger partial charge in [-0.25, -0.2) is 0 Å². The Morgan fingerprint density at radius 1 is 1.19 bits per heavy atom. The Labute approximate surface area is 98.5 Å². The number of nitriles is 1. The fourth-order valence-corrected chi connectivity index (χ4v) is 1.86. The first-order chi connectivity index (χ1) is 7.40. The molecule has 0 fully saturated rings. The van der Waals surface area contributed by atoms with Crippen LogP contribution < -0.4 is 0 Å². The van der Waals surface area contributed by atoms with Crippen molar-refractivity contribution in [3.05, 3.63) is 35.4 Å². The van der Waals surface area contributed by atoms with Crippen LogP contribution in [0.25, 0.3) is 0 Å². The van der Waals surface area contributed by atoms with E-state index in [2.05, 4.69) is 38.8 Å². The molecular formula is C14H20N2. The summed E-state index contributed by atoms with van der Waals surface area (Å²) in [4.78, 5) is 2.31. The molecule has 1 rings (SSSR count). The minimum atomic E-state index is 0.321. The molecule has 2 heteroatoms. The fraction of sp³-hybridized carbons (Fsp3) is 0.500. The summed E-state index contributed by atoms with van der Waals surface area (Å²) in [6.07, 6.45) is 0. The second-order valence-electron chi connectivity index (χ2n) is 5.54. The molecule has 16 heavy (non-hydrogen) atoms. The van der Waals surface area contributed by atoms with Crippen molar-refractivity contribution in [3.8, 4) is 6.07 Å². The van der Waals surface area contributed by atoms with Crippen molar-refractivity contribution in [2.24, 2.45) is 5.41 Å². The van der Waals surface area contributed by atoms with Gasteiger partial charge in [0, 0.05) is 13.1 Å². The van der Waals surface area contributed by atoms with Gasteiger partial charge in [0.05, 0.1) is 11.6 Å². The van der Waals surface area contributed by atoms with E-state index in [-0.39, 0.29) is 0 Å². The third kappa shape index (κ3) is 4.46. The molecule has 0 unspecified atom stereocenters. The summed E-state index contributed by atoms with van der Waals surface area (Å²) in [5, 5.41) is 8.70. The number of rotatable bonds is 3. The highest BCUT2D eigenvalue weighted by atomic mass is 15.1. The Bertz CT molecular complexity index is 365. The molecule has 0 heterocycles. The summed E-state index contributed by atoms with van der Waals surface area (Å²) in [5.74, 6) is 0. The standard InChI is InChI=1S/C14H20N2/c1-14(2,3)11-16(4)10-13-7-5-12(9-15)6-8-13/h5-8H,10-11H2,1-4H3. The lowest BCUT2D eigenvalue weighted by molar-refractivity contribution is 0.221. The van der Waals surface area contributed by atoms with Crippen molar-refractivity contribution in [1.29, 1.82) is 5.26 Å². The predicted octanol–water partition coefficient (Wildman–Crippen LogP) is 3.04. The molecule has 2 nitrogen and oxygen atoms in total. The third-order valence-corrected chi connectivity index (χ3v) is 2.28. The Hall–Kier alpha value is -1.33. The topological polar surface area (TPSA) is 27.0 Å². The van der Waals surface area contributed by atoms with Gasteiger partial charge in [-0.3, -0.25) is 0 Å². The van der Waals surface area contributed by atoms with E-state index in [0.29, 0.717) is 5.41 Å². The molecule has 0 spiro atoms. The quantitative estimate of drug-likeness (QED) is 0.776. The van der Waals surface area contributed by atoms with E-state index in [0.717, 1.165) is 18.7 Å². The molecule has 0 N–H and O–H groups in total. The summed E-state index contributed by atoms with van der Waals surface area (Å²) in [6.45, 7) is 8.71. The first-order valence-corrected chi connectivity index (χ1v) is 5.58. The average molecular weight is 216 g/mol. The van der Waals surface area contributed by atoms with Crippen molar-refractivity contribution in [2.45, 2.75) is 27.3 Å². The van der Waals surface area contributed by atoms with Crippen molar-refractivity contribution >= 4 is 0 Å². The molecule has 0 aromatic heterocycles. The molecule has 0 aliphatic rings. The second-order valence-corrected chi connectivity index (χ2v) is 5.54. The summed E-state index contributed by atoms with van der Waals surface area (Å²) in [6, 6.07) is 9.93. The molecule has 0 aliphatic carbocycles. The highest BCUT2D eigenvalue weighted by Crippen LogP contribution is 2.16. The Morgan fingerprint density at radius 2 is 1.75 bits per heavy atom. The maximum absolute atomic E-state index is 8.70. The summed E-state index contributed by atoms with van der Waals surface area (Å²) in [5.41, 5.74) is 2.30. The molecule has 0 radical (unpaired) electrons. The zero-order chi connectivity index (χ0) is 12.2. The molecule has 86 valence electrons. The van der Waals surface area contributed by atoms with E-state index in [4.69, 9.17) is 5.26 Å². The lowest BCUT2D eigenvalue weighted by Gasteiger charge is -2.26. The number of hydrogen-bond donors (Lipinski definition) is 0. The highest BCUT2D eigenvalue weighted by Gasteiger charge is 2.13. The maximum atomic E-state index is 8.70. The van der Waals surface area contributed by atoms with Crippen molar-refractivity contribution in [1.82, 2.24) is 4.90 Å². The highest BCUT2D eigenvalue weighted by molar-refractivity contribution is 5.31. The lowest BCUT2D eigenvalue weighted by atomic mass is 9.96. The number of benzene rings is 1. The van der Waals surface area contributed by atoms with E-state index in [9.17, 15) is 0 Å². The summed E-state index contributed by atoms with van der Waals surface area (Å²) >= 11 is 0. The van der Waals surface area contributed by atoms with Crippen LogP contribution in [0.5, 0.6) is 0 Å². The Morgan fingerprint density at radius 3 is 2.19 bits per heavy atom. The number of hydrogen-bond acceptors (Lipinski definition) is 2. The van der Waals surface area contributed by atoms with E-state index < -0.39 is 0 Å². The van der Waals surface area contributed by atoms with Gasteiger partial charge in [-0.2, -0.15) is 5.26 Å². The zero-order valence-electron chi connectivity index (χ0n) is 10.6. The second kappa shape index (κ2) is 5.14. The molecule has 0 atom stereocenters. The first-order valence-electron chi connectivity index (χ1n) is 5.58. The zero-order valence-corrected chi connectivity index (χ0v) is 10.6. The van der Waals surface area contributed by atoms with Gasteiger partial charge in [0.25, 0.3) is 0 Å². The van der Waals surface area contributed by atoms with Gasteiger partial charge < -0.3 is 4.90 Å². The SMILES string of the molecule is CN(Cc1ccc(C#N)cc1)CC(C)(C)C. The van der Waals surface area contributed by atoms with Crippen molar-refractivity contribution in [2.75, 3.05) is 13.6 Å². The van der Waals surface area contributed by atoms with Gasteiger partial charge in [-0.05, 0) is 30.2 Å². The van der Waals surface area contributed by atoms with E-state index >= 15 is 0 Å². The van der Waals surface area contributed by atoms with Crippen LogP contribution in [0.4, 0.5) is 0 Å². The van der Waals surface area contributed by atoms with Crippen LogP contribution in [0.15, 0.2) is 24.3 Å². The maximum Gasteiger partial charge on any atom is 0.0991 e. The fourth-order valence-electron chi connectivity index (χ4n) is 1.86. The van der Waals surface area contributed by atoms with Gasteiger partial charge in [0.2, 0.25) is 0 Å². The van der Waals surface area contributed by atoms with Crippen LogP contribution >= 0.6 is 0 Å². The van der Waals surface area contributed by atoms with Crippen LogP contribution in [0.2, 0.25) is 0 Å². The monoisotopic (exact) mass is 216 g/mol. The number of nitrogens with zero attached hydrogens (tertiary/aromatic N) is 2. The van der Waals surface area contributed by atoms with Crippen LogP contribution in [-0.4, -0.2) is 18.5 Å². The third-order valence-electron chi connectivity index (χ3n) is 2.28. The van der Waals surface area contributed by atoms with Crippen LogP contribution in [0.3, 0.4) is 0 Å². The van der Waals surface area contributed by atoms with Gasteiger partial charge in [0.1, 0.15) is 0 Å². The van der Waals surface area contributed by atoms with Crippen LogP contribution in [0, 0.1) is 16.7 Å². The molecular weight excluding hydrogens is 196 g/mol. The van der Waals surface area contributed by atoms with Crippen LogP contribution in [-0.2, 0) is 6.54 Å². The van der Waals surface area contributed by atoms with Gasteiger partial charge in [-0.15, -0.1) is 0 Å². The molecule has 0 bridgehead atoms. The van der Waals surface area contributed by atoms with E-state index in [1.807, 2.05) is 24.3 Å². The smallest absolute Gasteiger partial charge is 0.0991 e. The molecule has 0 amide bonds. The Kier molecular flexibility index (Phi) is 4.09. The largest absolute Gasteiger partial charge is 0.302 e. The lowest BCUT2D eigenvalue weighted by Crippen LogP contribution is -2.28. The predicted molar refractivity (Wildman–Crippen MR) is 66.9 cm³/mol. The average Bonchev–Trinajstić information content (AvgIpc) is 2.16. The minimum absolute atomic E-state index is 0.321. The van der Waals surface area contributed by atoms with Gasteiger partial charge in [-0.1, -0.05) is 32.9 Å². The van der Waals surface area contributed by atoms with Crippen LogP contribution in [0.1, 0.15) is 31.9 Å².